The maximum atomic E-state index is 12.5. The number of nitrogens with zero attached hydrogens (tertiary/aromatic N) is 2. The van der Waals surface area contributed by atoms with Crippen molar-refractivity contribution in [3.63, 3.8) is 0 Å². The van der Waals surface area contributed by atoms with Crippen LogP contribution in [0.15, 0.2) is 0 Å². The number of amides is 2. The van der Waals surface area contributed by atoms with Crippen molar-refractivity contribution in [3.05, 3.63) is 0 Å². The number of esters is 1. The summed E-state index contributed by atoms with van der Waals surface area (Å²) in [4.78, 5) is 37.8. The second-order valence-corrected chi connectivity index (χ2v) is 5.94. The molecule has 2 bridgehead atoms. The molecule has 0 aromatic heterocycles. The van der Waals surface area contributed by atoms with E-state index in [1.807, 2.05) is 4.90 Å². The number of urea groups is 1. The summed E-state index contributed by atoms with van der Waals surface area (Å²) in [6.07, 6.45) is 3.48. The molecular formula is C14H22N2O5. The molecule has 0 aromatic rings. The van der Waals surface area contributed by atoms with Crippen molar-refractivity contribution in [1.82, 2.24) is 9.80 Å². The molecule has 2 saturated heterocycles. The van der Waals surface area contributed by atoms with Crippen LogP contribution in [0.4, 0.5) is 4.79 Å². The van der Waals surface area contributed by atoms with Gasteiger partial charge < -0.3 is 19.6 Å². The quantitative estimate of drug-likeness (QED) is 0.780. The number of methoxy groups -OCH3 is 1. The van der Waals surface area contributed by atoms with Crippen LogP contribution in [0, 0.1) is 5.92 Å². The van der Waals surface area contributed by atoms with Gasteiger partial charge in [-0.2, -0.15) is 0 Å². The van der Waals surface area contributed by atoms with E-state index in [1.165, 1.54) is 12.0 Å². The minimum Gasteiger partial charge on any atom is -0.481 e. The topological polar surface area (TPSA) is 87.2 Å². The van der Waals surface area contributed by atoms with Crippen LogP contribution in [0.2, 0.25) is 0 Å². The zero-order valence-corrected chi connectivity index (χ0v) is 12.4. The van der Waals surface area contributed by atoms with Crippen LogP contribution >= 0.6 is 0 Å². The molecule has 118 valence electrons. The monoisotopic (exact) mass is 298 g/mol. The summed E-state index contributed by atoms with van der Waals surface area (Å²) in [5.74, 6) is -1.07. The van der Waals surface area contributed by atoms with Crippen molar-refractivity contribution in [1.29, 1.82) is 0 Å². The number of carbonyl (C=O) groups excluding carboxylic acids is 2. The highest BCUT2D eigenvalue weighted by Gasteiger charge is 2.44. The Morgan fingerprint density at radius 1 is 1.24 bits per heavy atom. The molecule has 1 N–H and O–H groups in total. The molecule has 7 heteroatoms. The average Bonchev–Trinajstić information content (AvgIpc) is 2.68. The lowest BCUT2D eigenvalue weighted by Crippen LogP contribution is -2.52. The number of hydrogen-bond donors (Lipinski definition) is 1. The van der Waals surface area contributed by atoms with Gasteiger partial charge in [-0.1, -0.05) is 0 Å². The van der Waals surface area contributed by atoms with Crippen LogP contribution in [0.5, 0.6) is 0 Å². The number of piperidine rings is 1. The fourth-order valence-electron chi connectivity index (χ4n) is 3.54. The zero-order chi connectivity index (χ0) is 15.6. The highest BCUT2D eigenvalue weighted by molar-refractivity contribution is 5.81. The second kappa shape index (κ2) is 6.32. The van der Waals surface area contributed by atoms with Crippen LogP contribution in [0.3, 0.4) is 0 Å². The normalized spacial score (nSPS) is 27.3. The van der Waals surface area contributed by atoms with E-state index in [0.29, 0.717) is 0 Å². The van der Waals surface area contributed by atoms with Crippen molar-refractivity contribution >= 4 is 18.0 Å². The van der Waals surface area contributed by atoms with Gasteiger partial charge in [-0.05, 0) is 31.6 Å². The molecule has 0 aromatic carbocycles. The molecule has 21 heavy (non-hydrogen) atoms. The maximum Gasteiger partial charge on any atom is 0.325 e. The number of rotatable bonds is 4. The van der Waals surface area contributed by atoms with E-state index in [-0.39, 0.29) is 37.0 Å². The summed E-state index contributed by atoms with van der Waals surface area (Å²) < 4.78 is 4.57. The number of likely N-dealkylation sites (N-methyl/N-ethyl adjacent to an activating group) is 1. The van der Waals surface area contributed by atoms with Crippen LogP contribution < -0.4 is 0 Å². The SMILES string of the molecule is COC(=O)CN(C)C(=O)N1C2CCC1CC(CC(=O)O)C2. The van der Waals surface area contributed by atoms with Crippen LogP contribution in [-0.2, 0) is 14.3 Å². The Hall–Kier alpha value is -1.79. The Balaban J connectivity index is 1.97. The first kappa shape index (κ1) is 15.6. The number of ether oxygens (including phenoxy) is 1. The smallest absolute Gasteiger partial charge is 0.325 e. The van der Waals surface area contributed by atoms with Crippen molar-refractivity contribution in [3.8, 4) is 0 Å². The predicted octanol–water partition coefficient (Wildman–Crippen LogP) is 0.929. The molecule has 2 heterocycles. The molecule has 7 nitrogen and oxygen atoms in total. The second-order valence-electron chi connectivity index (χ2n) is 5.94. The van der Waals surface area contributed by atoms with E-state index < -0.39 is 11.9 Å². The van der Waals surface area contributed by atoms with Crippen molar-refractivity contribution < 1.29 is 24.2 Å². The minimum atomic E-state index is -0.776. The molecule has 2 atom stereocenters. The summed E-state index contributed by atoms with van der Waals surface area (Å²) in [5, 5.41) is 8.91. The lowest BCUT2D eigenvalue weighted by molar-refractivity contribution is -0.141. The molecule has 2 amide bonds. The highest BCUT2D eigenvalue weighted by atomic mass is 16.5. The molecule has 2 aliphatic heterocycles. The number of aliphatic carboxylic acids is 1. The third-order valence-electron chi connectivity index (χ3n) is 4.44. The number of fused-ring (bicyclic) bond motifs is 2. The van der Waals surface area contributed by atoms with Crippen LogP contribution in [0.25, 0.3) is 0 Å². The molecule has 2 fully saturated rings. The Morgan fingerprint density at radius 2 is 1.81 bits per heavy atom. The number of carbonyl (C=O) groups is 3. The number of carboxylic acids is 1. The largest absolute Gasteiger partial charge is 0.481 e. The van der Waals surface area contributed by atoms with E-state index in [9.17, 15) is 14.4 Å². The van der Waals surface area contributed by atoms with Gasteiger partial charge in [0.05, 0.1) is 7.11 Å². The summed E-state index contributed by atoms with van der Waals surface area (Å²) >= 11 is 0. The van der Waals surface area contributed by atoms with Gasteiger partial charge in [0.2, 0.25) is 0 Å². The molecule has 2 unspecified atom stereocenters. The summed E-state index contributed by atoms with van der Waals surface area (Å²) in [5.41, 5.74) is 0. The fraction of sp³-hybridized carbons (Fsp3) is 0.786. The maximum absolute atomic E-state index is 12.5. The zero-order valence-electron chi connectivity index (χ0n) is 12.4. The van der Waals surface area contributed by atoms with Gasteiger partial charge in [0, 0.05) is 25.6 Å². The van der Waals surface area contributed by atoms with Gasteiger partial charge in [-0.25, -0.2) is 4.79 Å². The van der Waals surface area contributed by atoms with E-state index in [4.69, 9.17) is 5.11 Å². The van der Waals surface area contributed by atoms with Gasteiger partial charge in [-0.3, -0.25) is 9.59 Å². The number of hydrogen-bond acceptors (Lipinski definition) is 4. The van der Waals surface area contributed by atoms with Gasteiger partial charge in [0.25, 0.3) is 0 Å². The summed E-state index contributed by atoms with van der Waals surface area (Å²) in [6, 6.07) is 0.0306. The van der Waals surface area contributed by atoms with Gasteiger partial charge >= 0.3 is 18.0 Å². The molecule has 2 rings (SSSR count). The Bertz CT molecular complexity index is 425. The third kappa shape index (κ3) is 3.46. The van der Waals surface area contributed by atoms with E-state index in [1.54, 1.807) is 7.05 Å². The molecule has 0 radical (unpaired) electrons. The number of carboxylic acid groups (broad SMARTS) is 1. The lowest BCUT2D eigenvalue weighted by Gasteiger charge is -2.40. The standard InChI is InChI=1S/C14H22N2O5/c1-15(8-13(19)21-2)14(20)16-10-3-4-11(16)6-9(5-10)7-12(17)18/h9-11H,3-8H2,1-2H3,(H,17,18). The lowest BCUT2D eigenvalue weighted by atomic mass is 9.88. The fourth-order valence-corrected chi connectivity index (χ4v) is 3.54. The van der Waals surface area contributed by atoms with Crippen molar-refractivity contribution in [2.24, 2.45) is 5.92 Å². The van der Waals surface area contributed by atoms with Gasteiger partial charge in [0.15, 0.2) is 0 Å². The molecule has 0 saturated carbocycles. The Labute approximate surface area is 123 Å². The Morgan fingerprint density at radius 3 is 2.29 bits per heavy atom. The predicted molar refractivity (Wildman–Crippen MR) is 73.7 cm³/mol. The van der Waals surface area contributed by atoms with E-state index in [2.05, 4.69) is 4.74 Å². The summed E-state index contributed by atoms with van der Waals surface area (Å²) in [7, 11) is 2.88. The molecule has 0 spiro atoms. The van der Waals surface area contributed by atoms with Gasteiger partial charge in [-0.15, -0.1) is 0 Å². The van der Waals surface area contributed by atoms with Crippen molar-refractivity contribution in [2.45, 2.75) is 44.2 Å². The molecular weight excluding hydrogens is 276 g/mol. The van der Waals surface area contributed by atoms with Crippen LogP contribution in [-0.4, -0.2) is 65.7 Å². The van der Waals surface area contributed by atoms with E-state index >= 15 is 0 Å². The van der Waals surface area contributed by atoms with E-state index in [0.717, 1.165) is 25.7 Å². The first-order chi connectivity index (χ1) is 9.92. The van der Waals surface area contributed by atoms with Crippen molar-refractivity contribution in [2.75, 3.05) is 20.7 Å². The summed E-state index contributed by atoms with van der Waals surface area (Å²) in [6.45, 7) is -0.0656. The average molecular weight is 298 g/mol. The van der Waals surface area contributed by atoms with Crippen LogP contribution in [0.1, 0.15) is 32.1 Å². The minimum absolute atomic E-state index is 0.0656. The highest BCUT2D eigenvalue weighted by Crippen LogP contribution is 2.40. The first-order valence-corrected chi connectivity index (χ1v) is 7.24. The Kier molecular flexibility index (Phi) is 4.69. The first-order valence-electron chi connectivity index (χ1n) is 7.24. The third-order valence-corrected chi connectivity index (χ3v) is 4.44. The molecule has 2 aliphatic rings. The van der Waals surface area contributed by atoms with Gasteiger partial charge in [0.1, 0.15) is 6.54 Å². The molecule has 0 aliphatic carbocycles.